The molecule has 0 aromatic rings. The number of rotatable bonds is 3. The van der Waals surface area contributed by atoms with Gasteiger partial charge in [0.2, 0.25) is 0 Å². The first kappa shape index (κ1) is 8.87. The Kier molecular flexibility index (Phi) is 3.72. The molecule has 0 aromatic carbocycles. The van der Waals surface area contributed by atoms with Crippen LogP contribution in [0.5, 0.6) is 0 Å². The zero-order valence-electron chi connectivity index (χ0n) is 6.51. The first-order valence-corrected chi connectivity index (χ1v) is 5.32. The van der Waals surface area contributed by atoms with Gasteiger partial charge in [0.1, 0.15) is 0 Å². The Labute approximate surface area is 69.5 Å². The zero-order chi connectivity index (χ0) is 8.10. The number of nitrogens with one attached hydrogen (secondary N) is 2. The molecule has 2 unspecified atom stereocenters. The first-order chi connectivity index (χ1) is 5.33. The minimum Gasteiger partial charge on any atom is -0.313 e. The average molecular weight is 174 g/mol. The zero-order valence-corrected chi connectivity index (χ0v) is 7.32. The van der Waals surface area contributed by atoms with E-state index in [1.165, 1.54) is 12.8 Å². The van der Waals surface area contributed by atoms with Crippen molar-refractivity contribution in [3.05, 3.63) is 0 Å². The fourth-order valence-corrected chi connectivity index (χ4v) is 2.09. The number of hydrogen-bond acceptors (Lipinski definition) is 3. The van der Waals surface area contributed by atoms with Gasteiger partial charge >= 0.3 is 0 Å². The van der Waals surface area contributed by atoms with Gasteiger partial charge in [0.05, 0.1) is 16.3 Å². The molecule has 3 nitrogen and oxygen atoms in total. The van der Waals surface area contributed by atoms with E-state index in [1.54, 1.807) is 0 Å². The molecule has 2 atom stereocenters. The maximum Gasteiger partial charge on any atom is 0.0819 e. The Morgan fingerprint density at radius 1 is 1.64 bits per heavy atom. The van der Waals surface area contributed by atoms with Crippen molar-refractivity contribution in [2.75, 3.05) is 12.3 Å². The van der Waals surface area contributed by atoms with Crippen molar-refractivity contribution in [1.82, 2.24) is 5.32 Å². The van der Waals surface area contributed by atoms with E-state index < -0.39 is 10.8 Å². The standard InChI is InChI=1S/C7H14N2OS/c8-6-11(10)5-7-3-1-2-4-9-7/h6-9H,1-5H2. The van der Waals surface area contributed by atoms with Gasteiger partial charge < -0.3 is 5.32 Å². The van der Waals surface area contributed by atoms with Crippen molar-refractivity contribution >= 4 is 16.3 Å². The highest BCUT2D eigenvalue weighted by atomic mass is 32.2. The van der Waals surface area contributed by atoms with E-state index in [4.69, 9.17) is 5.41 Å². The van der Waals surface area contributed by atoms with Crippen LogP contribution in [-0.4, -0.2) is 28.1 Å². The Morgan fingerprint density at radius 3 is 3.00 bits per heavy atom. The maximum atomic E-state index is 10.9. The Morgan fingerprint density at radius 2 is 2.45 bits per heavy atom. The van der Waals surface area contributed by atoms with Gasteiger partial charge in [0, 0.05) is 11.8 Å². The minimum atomic E-state index is -1.05. The predicted octanol–water partition coefficient (Wildman–Crippen LogP) is 0.484. The topological polar surface area (TPSA) is 53.0 Å². The molecule has 0 saturated carbocycles. The molecule has 64 valence electrons. The molecular formula is C7H14N2OS. The van der Waals surface area contributed by atoms with Gasteiger partial charge in [-0.2, -0.15) is 0 Å². The van der Waals surface area contributed by atoms with Crippen molar-refractivity contribution in [3.8, 4) is 0 Å². The molecule has 0 bridgehead atoms. The molecule has 1 fully saturated rings. The van der Waals surface area contributed by atoms with Crippen molar-refractivity contribution in [3.63, 3.8) is 0 Å². The average Bonchev–Trinajstić information content (AvgIpc) is 2.06. The summed E-state index contributed by atoms with van der Waals surface area (Å²) in [4.78, 5) is 0. The van der Waals surface area contributed by atoms with E-state index in [0.717, 1.165) is 18.5 Å². The highest BCUT2D eigenvalue weighted by molar-refractivity contribution is 7.98. The van der Waals surface area contributed by atoms with Crippen LogP contribution < -0.4 is 5.32 Å². The summed E-state index contributed by atoms with van der Waals surface area (Å²) in [5, 5.41) is 10.1. The molecule has 0 aromatic heterocycles. The Hall–Kier alpha value is -0.220. The lowest BCUT2D eigenvalue weighted by molar-refractivity contribution is 0.428. The quantitative estimate of drug-likeness (QED) is 0.483. The van der Waals surface area contributed by atoms with Gasteiger partial charge in [-0.15, -0.1) is 0 Å². The van der Waals surface area contributed by atoms with Gasteiger partial charge in [0.25, 0.3) is 0 Å². The number of hydrogen-bond donors (Lipinski definition) is 2. The van der Waals surface area contributed by atoms with E-state index in [-0.39, 0.29) is 0 Å². The van der Waals surface area contributed by atoms with Crippen LogP contribution in [0.4, 0.5) is 0 Å². The van der Waals surface area contributed by atoms with Crippen LogP contribution in [0.15, 0.2) is 0 Å². The predicted molar refractivity (Wildman–Crippen MR) is 47.4 cm³/mol. The van der Waals surface area contributed by atoms with Crippen LogP contribution in [0.2, 0.25) is 0 Å². The van der Waals surface area contributed by atoms with Gasteiger partial charge in [0.15, 0.2) is 0 Å². The highest BCUT2D eigenvalue weighted by Crippen LogP contribution is 2.07. The van der Waals surface area contributed by atoms with Crippen molar-refractivity contribution in [2.24, 2.45) is 0 Å². The fourth-order valence-electron chi connectivity index (χ4n) is 1.31. The van der Waals surface area contributed by atoms with E-state index in [1.807, 2.05) is 0 Å². The highest BCUT2D eigenvalue weighted by Gasteiger charge is 2.13. The molecule has 0 aliphatic carbocycles. The molecule has 4 heteroatoms. The summed E-state index contributed by atoms with van der Waals surface area (Å²) in [6.45, 7) is 1.04. The summed E-state index contributed by atoms with van der Waals surface area (Å²) in [6, 6.07) is 0.381. The van der Waals surface area contributed by atoms with Crippen molar-refractivity contribution in [2.45, 2.75) is 25.3 Å². The van der Waals surface area contributed by atoms with Crippen LogP contribution >= 0.6 is 0 Å². The van der Waals surface area contributed by atoms with E-state index >= 15 is 0 Å². The molecule has 0 amide bonds. The van der Waals surface area contributed by atoms with Crippen LogP contribution in [0, 0.1) is 5.41 Å². The SMILES string of the molecule is N=CS(=O)CC1CCCCN1. The molecule has 1 saturated heterocycles. The van der Waals surface area contributed by atoms with E-state index in [2.05, 4.69) is 5.32 Å². The van der Waals surface area contributed by atoms with Crippen LogP contribution in [0.3, 0.4) is 0 Å². The lowest BCUT2D eigenvalue weighted by atomic mass is 10.1. The first-order valence-electron chi connectivity index (χ1n) is 3.94. The second-order valence-electron chi connectivity index (χ2n) is 2.81. The van der Waals surface area contributed by atoms with E-state index in [0.29, 0.717) is 11.8 Å². The Balaban J connectivity index is 2.24. The van der Waals surface area contributed by atoms with Crippen LogP contribution in [0.1, 0.15) is 19.3 Å². The monoisotopic (exact) mass is 174 g/mol. The lowest BCUT2D eigenvalue weighted by Gasteiger charge is -2.21. The molecule has 1 aliphatic heterocycles. The summed E-state index contributed by atoms with van der Waals surface area (Å²) in [7, 11) is -1.05. The largest absolute Gasteiger partial charge is 0.313 e. The van der Waals surface area contributed by atoms with E-state index in [9.17, 15) is 4.21 Å². The molecule has 1 aliphatic rings. The normalized spacial score (nSPS) is 27.8. The fraction of sp³-hybridized carbons (Fsp3) is 0.857. The van der Waals surface area contributed by atoms with Gasteiger partial charge in [-0.3, -0.25) is 9.62 Å². The molecule has 1 rings (SSSR count). The summed E-state index contributed by atoms with van der Waals surface area (Å²) in [5.74, 6) is 0.615. The summed E-state index contributed by atoms with van der Waals surface area (Å²) >= 11 is 0. The van der Waals surface area contributed by atoms with Crippen LogP contribution in [-0.2, 0) is 10.8 Å². The van der Waals surface area contributed by atoms with Crippen molar-refractivity contribution in [1.29, 1.82) is 5.41 Å². The summed E-state index contributed by atoms with van der Waals surface area (Å²) in [6.07, 6.45) is 3.57. The Bertz CT molecular complexity index is 155. The third-order valence-electron chi connectivity index (χ3n) is 1.91. The van der Waals surface area contributed by atoms with Gasteiger partial charge in [-0.25, -0.2) is 0 Å². The lowest BCUT2D eigenvalue weighted by Crippen LogP contribution is -2.38. The second kappa shape index (κ2) is 4.62. The molecule has 11 heavy (non-hydrogen) atoms. The molecule has 0 radical (unpaired) electrons. The smallest absolute Gasteiger partial charge is 0.0819 e. The molecule has 0 spiro atoms. The number of piperidine rings is 1. The van der Waals surface area contributed by atoms with Crippen molar-refractivity contribution < 1.29 is 4.21 Å². The molecule has 1 heterocycles. The third-order valence-corrected chi connectivity index (χ3v) is 2.90. The minimum absolute atomic E-state index is 0.381. The molecule has 2 N–H and O–H groups in total. The van der Waals surface area contributed by atoms with Crippen LogP contribution in [0.25, 0.3) is 0 Å². The molecular weight excluding hydrogens is 160 g/mol. The van der Waals surface area contributed by atoms with Gasteiger partial charge in [-0.1, -0.05) is 6.42 Å². The summed E-state index contributed by atoms with van der Waals surface area (Å²) in [5.41, 5.74) is 1.02. The summed E-state index contributed by atoms with van der Waals surface area (Å²) < 4.78 is 10.9. The third kappa shape index (κ3) is 3.12. The van der Waals surface area contributed by atoms with Gasteiger partial charge in [-0.05, 0) is 19.4 Å². The second-order valence-corrected chi connectivity index (χ2v) is 4.14. The maximum absolute atomic E-state index is 10.9.